The third-order valence-corrected chi connectivity index (χ3v) is 3.51. The Hall–Kier alpha value is -1.68. The van der Waals surface area contributed by atoms with E-state index in [-0.39, 0.29) is 12.1 Å². The topological polar surface area (TPSA) is 44.3 Å². The predicted octanol–water partition coefficient (Wildman–Crippen LogP) is 2.49. The maximum absolute atomic E-state index is 10.00. The molecule has 0 aliphatic rings. The van der Waals surface area contributed by atoms with Gasteiger partial charge >= 0.3 is 0 Å². The Balaban J connectivity index is 1.64. The van der Waals surface area contributed by atoms with Crippen LogP contribution in [0.5, 0.6) is 0 Å². The van der Waals surface area contributed by atoms with Crippen LogP contribution in [0.4, 0.5) is 0 Å². The summed E-state index contributed by atoms with van der Waals surface area (Å²) in [4.78, 5) is 0. The van der Waals surface area contributed by atoms with E-state index in [4.69, 9.17) is 0 Å². The van der Waals surface area contributed by atoms with Gasteiger partial charge in [0.15, 0.2) is 0 Å². The van der Waals surface area contributed by atoms with Gasteiger partial charge in [0.1, 0.15) is 0 Å². The van der Waals surface area contributed by atoms with Gasteiger partial charge in [-0.25, -0.2) is 0 Å². The fourth-order valence-electron chi connectivity index (χ4n) is 2.22. The lowest BCUT2D eigenvalue weighted by molar-refractivity contribution is 0.164. The third kappa shape index (κ3) is 5.68. The highest BCUT2D eigenvalue weighted by molar-refractivity contribution is 5.18. The molecule has 0 aliphatic carbocycles. The number of hydrogen-bond donors (Lipinski definition) is 3. The molecule has 0 saturated carbocycles. The molecular formula is C18H24N2O. The fourth-order valence-corrected chi connectivity index (χ4v) is 2.22. The van der Waals surface area contributed by atoms with Crippen molar-refractivity contribution in [2.24, 2.45) is 0 Å². The van der Waals surface area contributed by atoms with Gasteiger partial charge in [0, 0.05) is 25.7 Å². The van der Waals surface area contributed by atoms with E-state index in [1.807, 2.05) is 36.4 Å². The molecule has 21 heavy (non-hydrogen) atoms. The number of nitrogens with one attached hydrogen (secondary N) is 2. The van der Waals surface area contributed by atoms with E-state index in [1.54, 1.807) is 0 Å². The largest absolute Gasteiger partial charge is 0.390 e. The smallest absolute Gasteiger partial charge is 0.0789 e. The first-order valence-corrected chi connectivity index (χ1v) is 7.46. The number of rotatable bonds is 8. The zero-order valence-electron chi connectivity index (χ0n) is 12.5. The summed E-state index contributed by atoms with van der Waals surface area (Å²) >= 11 is 0. The van der Waals surface area contributed by atoms with Crippen molar-refractivity contribution in [3.8, 4) is 0 Å². The Morgan fingerprint density at radius 3 is 2.19 bits per heavy atom. The van der Waals surface area contributed by atoms with Gasteiger partial charge in [-0.15, -0.1) is 0 Å². The van der Waals surface area contributed by atoms with Crippen LogP contribution in [0.25, 0.3) is 0 Å². The van der Waals surface area contributed by atoms with Crippen molar-refractivity contribution >= 4 is 0 Å². The SMILES string of the molecule is CC(NCC(O)CNCc1ccccc1)c1ccccc1. The van der Waals surface area contributed by atoms with E-state index in [0.717, 1.165) is 6.54 Å². The summed E-state index contributed by atoms with van der Waals surface area (Å²) in [5.74, 6) is 0. The highest BCUT2D eigenvalue weighted by Gasteiger charge is 2.08. The normalized spacial score (nSPS) is 13.8. The number of aliphatic hydroxyl groups is 1. The number of benzene rings is 2. The van der Waals surface area contributed by atoms with Crippen LogP contribution in [-0.2, 0) is 6.54 Å². The van der Waals surface area contributed by atoms with Crippen molar-refractivity contribution < 1.29 is 5.11 Å². The quantitative estimate of drug-likeness (QED) is 0.698. The van der Waals surface area contributed by atoms with Gasteiger partial charge in [-0.05, 0) is 18.1 Å². The van der Waals surface area contributed by atoms with Crippen molar-refractivity contribution in [1.82, 2.24) is 10.6 Å². The second-order valence-corrected chi connectivity index (χ2v) is 5.31. The third-order valence-electron chi connectivity index (χ3n) is 3.51. The Bertz CT molecular complexity index is 501. The van der Waals surface area contributed by atoms with Crippen LogP contribution in [0.1, 0.15) is 24.1 Å². The number of aliphatic hydroxyl groups excluding tert-OH is 1. The van der Waals surface area contributed by atoms with Crippen LogP contribution in [-0.4, -0.2) is 24.3 Å². The van der Waals surface area contributed by atoms with Crippen LogP contribution in [0.15, 0.2) is 60.7 Å². The second-order valence-electron chi connectivity index (χ2n) is 5.31. The van der Waals surface area contributed by atoms with E-state index in [2.05, 4.69) is 41.8 Å². The lowest BCUT2D eigenvalue weighted by atomic mass is 10.1. The molecule has 3 N–H and O–H groups in total. The Labute approximate surface area is 127 Å². The second kappa shape index (κ2) is 8.57. The predicted molar refractivity (Wildman–Crippen MR) is 87.0 cm³/mol. The summed E-state index contributed by atoms with van der Waals surface area (Å²) in [6.07, 6.45) is -0.389. The standard InChI is InChI=1S/C18H24N2O/c1-15(17-10-6-3-7-11-17)20-14-18(21)13-19-12-16-8-4-2-5-9-16/h2-11,15,18-21H,12-14H2,1H3. The summed E-state index contributed by atoms with van der Waals surface area (Å²) in [5.41, 5.74) is 2.47. The molecule has 0 radical (unpaired) electrons. The first-order valence-electron chi connectivity index (χ1n) is 7.46. The van der Waals surface area contributed by atoms with Crippen LogP contribution >= 0.6 is 0 Å². The van der Waals surface area contributed by atoms with E-state index in [0.29, 0.717) is 13.1 Å². The van der Waals surface area contributed by atoms with Gasteiger partial charge < -0.3 is 15.7 Å². The van der Waals surface area contributed by atoms with Crippen LogP contribution in [0.3, 0.4) is 0 Å². The van der Waals surface area contributed by atoms with Gasteiger partial charge in [0.05, 0.1) is 6.10 Å². The average molecular weight is 284 g/mol. The molecule has 112 valence electrons. The van der Waals surface area contributed by atoms with Crippen LogP contribution in [0.2, 0.25) is 0 Å². The molecular weight excluding hydrogens is 260 g/mol. The lowest BCUT2D eigenvalue weighted by Crippen LogP contribution is -2.36. The molecule has 0 aliphatic heterocycles. The molecule has 2 aromatic carbocycles. The van der Waals surface area contributed by atoms with Gasteiger partial charge in [-0.1, -0.05) is 60.7 Å². The first kappa shape index (κ1) is 15.7. The van der Waals surface area contributed by atoms with E-state index >= 15 is 0 Å². The van der Waals surface area contributed by atoms with Crippen LogP contribution < -0.4 is 10.6 Å². The molecule has 0 heterocycles. The highest BCUT2D eigenvalue weighted by atomic mass is 16.3. The zero-order valence-corrected chi connectivity index (χ0v) is 12.5. The van der Waals surface area contributed by atoms with E-state index in [9.17, 15) is 5.11 Å². The van der Waals surface area contributed by atoms with Crippen LogP contribution in [0, 0.1) is 0 Å². The lowest BCUT2D eigenvalue weighted by Gasteiger charge is -2.18. The molecule has 0 aromatic heterocycles. The van der Waals surface area contributed by atoms with Gasteiger partial charge in [-0.2, -0.15) is 0 Å². The van der Waals surface area contributed by atoms with Crippen molar-refractivity contribution in [1.29, 1.82) is 0 Å². The van der Waals surface area contributed by atoms with Crippen molar-refractivity contribution in [3.63, 3.8) is 0 Å². The molecule has 2 aromatic rings. The summed E-state index contributed by atoms with van der Waals surface area (Å²) in [7, 11) is 0. The molecule has 0 amide bonds. The summed E-state index contributed by atoms with van der Waals surface area (Å²) < 4.78 is 0. The summed E-state index contributed by atoms with van der Waals surface area (Å²) in [6, 6.07) is 20.7. The maximum Gasteiger partial charge on any atom is 0.0789 e. The first-order chi connectivity index (χ1) is 10.3. The average Bonchev–Trinajstić information content (AvgIpc) is 2.54. The summed E-state index contributed by atoms with van der Waals surface area (Å²) in [6.45, 7) is 4.06. The molecule has 3 heteroatoms. The van der Waals surface area contributed by atoms with Crippen molar-refractivity contribution in [2.75, 3.05) is 13.1 Å². The minimum Gasteiger partial charge on any atom is -0.390 e. The van der Waals surface area contributed by atoms with Crippen molar-refractivity contribution in [2.45, 2.75) is 25.6 Å². The zero-order chi connectivity index (χ0) is 14.9. The molecule has 0 saturated heterocycles. The van der Waals surface area contributed by atoms with Crippen molar-refractivity contribution in [3.05, 3.63) is 71.8 Å². The molecule has 2 atom stereocenters. The van der Waals surface area contributed by atoms with Gasteiger partial charge in [0.2, 0.25) is 0 Å². The Morgan fingerprint density at radius 1 is 0.905 bits per heavy atom. The Morgan fingerprint density at radius 2 is 1.52 bits per heavy atom. The fraction of sp³-hybridized carbons (Fsp3) is 0.333. The minimum atomic E-state index is -0.389. The monoisotopic (exact) mass is 284 g/mol. The molecule has 0 fully saturated rings. The highest BCUT2D eigenvalue weighted by Crippen LogP contribution is 2.10. The molecule has 3 nitrogen and oxygen atoms in total. The Kier molecular flexibility index (Phi) is 6.41. The van der Waals surface area contributed by atoms with E-state index < -0.39 is 0 Å². The number of hydrogen-bond acceptors (Lipinski definition) is 3. The molecule has 2 rings (SSSR count). The maximum atomic E-state index is 10.00. The van der Waals surface area contributed by atoms with Gasteiger partial charge in [0.25, 0.3) is 0 Å². The van der Waals surface area contributed by atoms with Gasteiger partial charge in [-0.3, -0.25) is 0 Å². The summed E-state index contributed by atoms with van der Waals surface area (Å²) in [5, 5.41) is 16.6. The minimum absolute atomic E-state index is 0.245. The van der Waals surface area contributed by atoms with E-state index in [1.165, 1.54) is 11.1 Å². The molecule has 2 unspecified atom stereocenters. The molecule has 0 spiro atoms. The molecule has 0 bridgehead atoms.